The minimum absolute atomic E-state index is 0.0507. The van der Waals surface area contributed by atoms with Crippen LogP contribution >= 0.6 is 11.8 Å². The third-order valence-corrected chi connectivity index (χ3v) is 8.03. The second-order valence-corrected chi connectivity index (χ2v) is 11.0. The fourth-order valence-corrected chi connectivity index (χ4v) is 6.27. The maximum atomic E-state index is 12.3. The highest BCUT2D eigenvalue weighted by atomic mass is 32.2. The summed E-state index contributed by atoms with van der Waals surface area (Å²) in [5.41, 5.74) is 9.59. The number of hydrogen-bond donors (Lipinski definition) is 2. The highest BCUT2D eigenvalue weighted by Gasteiger charge is 2.21. The Hall–Kier alpha value is -2.37. The summed E-state index contributed by atoms with van der Waals surface area (Å²) in [6, 6.07) is 4.27. The van der Waals surface area contributed by atoms with Gasteiger partial charge in [-0.25, -0.2) is 28.1 Å². The van der Waals surface area contributed by atoms with Crippen molar-refractivity contribution in [3.63, 3.8) is 0 Å². The van der Waals surface area contributed by atoms with E-state index in [0.717, 1.165) is 23.5 Å². The average Bonchev–Trinajstić information content (AvgIpc) is 3.31. The molecule has 3 N–H and O–H groups in total. The van der Waals surface area contributed by atoms with Crippen LogP contribution in [0.1, 0.15) is 31.9 Å². The molecular weight excluding hydrogens is 448 g/mol. The standard InChI is InChI=1S/C21H28N6O3S2/c1-4-14-9-15-5-8-30-16(15)10-17(14)31-21-26-18-19(22)23-12-24-20(18)27(21)7-6-25-32(28,29)11-13(2)3/h9-10,12-13,25H,4-8,11H2,1-3H3,(H2,22,23,24). The number of fused-ring (bicyclic) bond motifs is 2. The molecule has 0 saturated carbocycles. The molecule has 0 atom stereocenters. The number of hydrogen-bond acceptors (Lipinski definition) is 8. The monoisotopic (exact) mass is 476 g/mol. The summed E-state index contributed by atoms with van der Waals surface area (Å²) in [5.74, 6) is 1.34. The molecule has 0 radical (unpaired) electrons. The van der Waals surface area contributed by atoms with Gasteiger partial charge in [0, 0.05) is 24.4 Å². The van der Waals surface area contributed by atoms with Crippen molar-refractivity contribution in [1.29, 1.82) is 0 Å². The molecule has 0 unspecified atom stereocenters. The largest absolute Gasteiger partial charge is 0.493 e. The van der Waals surface area contributed by atoms with Crippen LogP contribution in [0.4, 0.5) is 5.82 Å². The minimum Gasteiger partial charge on any atom is -0.493 e. The van der Waals surface area contributed by atoms with Gasteiger partial charge in [0.25, 0.3) is 0 Å². The number of aromatic nitrogens is 4. The van der Waals surface area contributed by atoms with Gasteiger partial charge in [-0.1, -0.05) is 38.6 Å². The molecular formula is C21H28N6O3S2. The van der Waals surface area contributed by atoms with Gasteiger partial charge in [-0.2, -0.15) is 0 Å². The number of anilines is 1. The Balaban J connectivity index is 1.65. The van der Waals surface area contributed by atoms with Gasteiger partial charge >= 0.3 is 0 Å². The lowest BCUT2D eigenvalue weighted by molar-refractivity contribution is 0.356. The molecule has 0 fully saturated rings. The fourth-order valence-electron chi connectivity index (χ4n) is 3.75. The van der Waals surface area contributed by atoms with Gasteiger partial charge in [0.2, 0.25) is 10.0 Å². The van der Waals surface area contributed by atoms with Gasteiger partial charge in [0.05, 0.1) is 12.4 Å². The third-order valence-electron chi connectivity index (χ3n) is 5.19. The quantitative estimate of drug-likeness (QED) is 0.483. The number of nitrogens with one attached hydrogen (secondary N) is 1. The van der Waals surface area contributed by atoms with Crippen LogP contribution in [0.3, 0.4) is 0 Å². The summed E-state index contributed by atoms with van der Waals surface area (Å²) in [4.78, 5) is 14.2. The van der Waals surface area contributed by atoms with Gasteiger partial charge in [0.15, 0.2) is 22.1 Å². The van der Waals surface area contributed by atoms with E-state index in [4.69, 9.17) is 15.5 Å². The molecule has 1 aliphatic rings. The molecule has 11 heteroatoms. The lowest BCUT2D eigenvalue weighted by atomic mass is 10.1. The van der Waals surface area contributed by atoms with E-state index in [1.807, 2.05) is 18.4 Å². The number of nitrogens with two attached hydrogens (primary N) is 1. The van der Waals surface area contributed by atoms with Crippen LogP contribution < -0.4 is 15.2 Å². The number of aryl methyl sites for hydroxylation is 1. The van der Waals surface area contributed by atoms with Crippen molar-refractivity contribution in [1.82, 2.24) is 24.2 Å². The number of nitrogens with zero attached hydrogens (tertiary/aromatic N) is 4. The summed E-state index contributed by atoms with van der Waals surface area (Å²) in [6.07, 6.45) is 3.20. The Morgan fingerprint density at radius 2 is 2.12 bits per heavy atom. The maximum Gasteiger partial charge on any atom is 0.211 e. The first-order valence-electron chi connectivity index (χ1n) is 10.7. The number of benzene rings is 1. The zero-order chi connectivity index (χ0) is 22.9. The van der Waals surface area contributed by atoms with Crippen LogP contribution in [0.5, 0.6) is 5.75 Å². The predicted molar refractivity (Wildman–Crippen MR) is 126 cm³/mol. The van der Waals surface area contributed by atoms with Crippen LogP contribution in [-0.2, 0) is 29.4 Å². The van der Waals surface area contributed by atoms with Gasteiger partial charge in [0.1, 0.15) is 12.1 Å². The first-order chi connectivity index (χ1) is 15.3. The topological polar surface area (TPSA) is 125 Å². The Labute approximate surface area is 192 Å². The molecule has 4 rings (SSSR count). The molecule has 3 heterocycles. The van der Waals surface area contributed by atoms with Crippen molar-refractivity contribution < 1.29 is 13.2 Å². The van der Waals surface area contributed by atoms with E-state index < -0.39 is 10.0 Å². The molecule has 2 aromatic heterocycles. The molecule has 0 spiro atoms. The Morgan fingerprint density at radius 3 is 2.88 bits per heavy atom. The highest BCUT2D eigenvalue weighted by molar-refractivity contribution is 7.99. The number of sulfonamides is 1. The van der Waals surface area contributed by atoms with E-state index in [-0.39, 0.29) is 18.2 Å². The first-order valence-corrected chi connectivity index (χ1v) is 13.1. The first kappa shape index (κ1) is 22.8. The molecule has 0 aliphatic carbocycles. The fraction of sp³-hybridized carbons (Fsp3) is 0.476. The summed E-state index contributed by atoms with van der Waals surface area (Å²) in [7, 11) is -3.35. The zero-order valence-corrected chi connectivity index (χ0v) is 20.1. The molecule has 0 amide bonds. The summed E-state index contributed by atoms with van der Waals surface area (Å²) in [5, 5.41) is 0.683. The highest BCUT2D eigenvalue weighted by Crippen LogP contribution is 2.38. The van der Waals surface area contributed by atoms with Crippen molar-refractivity contribution in [2.24, 2.45) is 5.92 Å². The zero-order valence-electron chi connectivity index (χ0n) is 18.5. The molecule has 1 aromatic carbocycles. The van der Waals surface area contributed by atoms with Crippen LogP contribution in [0.25, 0.3) is 11.2 Å². The van der Waals surface area contributed by atoms with Crippen molar-refractivity contribution >= 4 is 38.8 Å². The Kier molecular flexibility index (Phi) is 6.59. The van der Waals surface area contributed by atoms with Crippen molar-refractivity contribution in [3.05, 3.63) is 29.6 Å². The van der Waals surface area contributed by atoms with E-state index in [1.165, 1.54) is 29.2 Å². The van der Waals surface area contributed by atoms with Gasteiger partial charge in [-0.05, 0) is 29.5 Å². The molecule has 32 heavy (non-hydrogen) atoms. The summed E-state index contributed by atoms with van der Waals surface area (Å²) < 4.78 is 34.8. The van der Waals surface area contributed by atoms with Gasteiger partial charge in [-0.15, -0.1) is 0 Å². The molecule has 1 aliphatic heterocycles. The van der Waals surface area contributed by atoms with E-state index >= 15 is 0 Å². The minimum atomic E-state index is -3.35. The number of imidazole rings is 1. The lowest BCUT2D eigenvalue weighted by Gasteiger charge is -2.13. The van der Waals surface area contributed by atoms with E-state index in [9.17, 15) is 8.42 Å². The number of rotatable bonds is 9. The van der Waals surface area contributed by atoms with Crippen LogP contribution in [0.2, 0.25) is 0 Å². The lowest BCUT2D eigenvalue weighted by Crippen LogP contribution is -2.31. The van der Waals surface area contributed by atoms with Crippen molar-refractivity contribution in [3.8, 4) is 5.75 Å². The van der Waals surface area contributed by atoms with E-state index in [2.05, 4.69) is 33.7 Å². The molecule has 3 aromatic rings. The van der Waals surface area contributed by atoms with Crippen LogP contribution in [-0.4, -0.2) is 46.8 Å². The van der Waals surface area contributed by atoms with E-state index in [0.29, 0.717) is 35.3 Å². The van der Waals surface area contributed by atoms with Crippen molar-refractivity contribution in [2.75, 3.05) is 24.6 Å². The van der Waals surface area contributed by atoms with Gasteiger partial charge in [-0.3, -0.25) is 0 Å². The second-order valence-electron chi connectivity index (χ2n) is 8.17. The third kappa shape index (κ3) is 4.84. The summed E-state index contributed by atoms with van der Waals surface area (Å²) >= 11 is 1.51. The van der Waals surface area contributed by atoms with Crippen LogP contribution in [0, 0.1) is 5.92 Å². The molecule has 9 nitrogen and oxygen atoms in total. The Morgan fingerprint density at radius 1 is 1.31 bits per heavy atom. The maximum absolute atomic E-state index is 12.3. The number of nitrogen functional groups attached to an aromatic ring is 1. The van der Waals surface area contributed by atoms with Crippen molar-refractivity contribution in [2.45, 2.75) is 50.2 Å². The predicted octanol–water partition coefficient (Wildman–Crippen LogP) is 2.63. The smallest absolute Gasteiger partial charge is 0.211 e. The molecule has 0 bridgehead atoms. The molecule has 0 saturated heterocycles. The Bertz CT molecular complexity index is 1240. The second kappa shape index (κ2) is 9.24. The van der Waals surface area contributed by atoms with Gasteiger partial charge < -0.3 is 15.0 Å². The average molecular weight is 477 g/mol. The summed E-state index contributed by atoms with van der Waals surface area (Å²) in [6.45, 7) is 7.18. The number of ether oxygens (including phenoxy) is 1. The SMILES string of the molecule is CCc1cc2c(cc1Sc1nc3c(N)ncnc3n1CCNS(=O)(=O)CC(C)C)OCC2. The van der Waals surface area contributed by atoms with Crippen LogP contribution in [0.15, 0.2) is 28.5 Å². The molecule has 172 valence electrons. The van der Waals surface area contributed by atoms with E-state index in [1.54, 1.807) is 0 Å². The normalized spacial score (nSPS) is 13.6.